The third-order valence-electron chi connectivity index (χ3n) is 11.4. The molecule has 3 aliphatic rings. The van der Waals surface area contributed by atoms with Crippen molar-refractivity contribution < 1.29 is 23.9 Å². The smallest absolute Gasteiger partial charge is 0.275 e. The number of nitrogens with zero attached hydrogens (tertiary/aromatic N) is 7. The fourth-order valence-electron chi connectivity index (χ4n) is 8.12. The van der Waals surface area contributed by atoms with Crippen LogP contribution in [0.25, 0.3) is 15.8 Å². The molecule has 3 amide bonds. The first-order valence-electron chi connectivity index (χ1n) is 20.0. The number of halogens is 1. The average molecular weight is 860 g/mol. The summed E-state index contributed by atoms with van der Waals surface area (Å²) in [6.45, 7) is 9.89. The number of anilines is 2. The molecule has 9 rings (SSSR count). The number of benzene rings is 3. The number of nitrogens with one attached hydrogen (secondary N) is 2. The predicted octanol–water partition coefficient (Wildman–Crippen LogP) is 6.11. The molecule has 0 radical (unpaired) electrons. The van der Waals surface area contributed by atoms with Crippen molar-refractivity contribution >= 4 is 68.5 Å². The lowest BCUT2D eigenvalue weighted by Crippen LogP contribution is -2.45. The summed E-state index contributed by atoms with van der Waals surface area (Å²) in [7, 11) is 0. The highest BCUT2D eigenvalue weighted by molar-refractivity contribution is 7.15. The number of amides is 3. The molecule has 3 aromatic heterocycles. The number of thiophene rings is 1. The van der Waals surface area contributed by atoms with Gasteiger partial charge in [0.05, 0.1) is 29.8 Å². The zero-order valence-electron chi connectivity index (χ0n) is 33.9. The van der Waals surface area contributed by atoms with E-state index >= 15 is 0 Å². The molecule has 1 unspecified atom stereocenters. The van der Waals surface area contributed by atoms with Gasteiger partial charge in [0.25, 0.3) is 11.5 Å². The largest absolute Gasteiger partial charge is 0.491 e. The number of ether oxygens (including phenoxy) is 2. The molecule has 0 bridgehead atoms. The summed E-state index contributed by atoms with van der Waals surface area (Å²) in [5.41, 5.74) is 5.57. The number of carbonyl (C=O) groups is 3. The molecule has 0 saturated carbocycles. The van der Waals surface area contributed by atoms with Crippen LogP contribution in [0.3, 0.4) is 0 Å². The summed E-state index contributed by atoms with van der Waals surface area (Å²) in [5.74, 6) is 0.866. The van der Waals surface area contributed by atoms with E-state index in [-0.39, 0.29) is 42.7 Å². The van der Waals surface area contributed by atoms with Gasteiger partial charge in [-0.2, -0.15) is 5.10 Å². The van der Waals surface area contributed by atoms with Gasteiger partial charge in [-0.3, -0.25) is 34.1 Å². The number of aromatic nitrogens is 5. The molecule has 3 atom stereocenters. The minimum absolute atomic E-state index is 0.0453. The topological polar surface area (TPSA) is 175 Å². The van der Waals surface area contributed by atoms with Gasteiger partial charge in [0, 0.05) is 57.3 Å². The van der Waals surface area contributed by atoms with Crippen molar-refractivity contribution in [1.29, 1.82) is 0 Å². The van der Waals surface area contributed by atoms with E-state index in [1.54, 1.807) is 36.5 Å². The van der Waals surface area contributed by atoms with Crippen LogP contribution in [-0.2, 0) is 19.1 Å². The predicted molar refractivity (Wildman–Crippen MR) is 233 cm³/mol. The lowest BCUT2D eigenvalue weighted by molar-refractivity contribution is -0.136. The Morgan fingerprint density at radius 2 is 1.79 bits per heavy atom. The van der Waals surface area contributed by atoms with Gasteiger partial charge in [-0.25, -0.2) is 4.68 Å². The summed E-state index contributed by atoms with van der Waals surface area (Å²) in [4.78, 5) is 59.8. The van der Waals surface area contributed by atoms with Crippen molar-refractivity contribution in [2.24, 2.45) is 4.99 Å². The van der Waals surface area contributed by atoms with E-state index in [0.29, 0.717) is 65.1 Å². The van der Waals surface area contributed by atoms with Crippen LogP contribution in [0.5, 0.6) is 5.75 Å². The van der Waals surface area contributed by atoms with Gasteiger partial charge in [-0.1, -0.05) is 23.7 Å². The van der Waals surface area contributed by atoms with E-state index in [2.05, 4.69) is 44.7 Å². The van der Waals surface area contributed by atoms with Gasteiger partial charge in [0.15, 0.2) is 5.82 Å². The van der Waals surface area contributed by atoms with Gasteiger partial charge in [-0.05, 0) is 94.3 Å². The normalized spacial score (nSPS) is 18.9. The molecule has 2 saturated heterocycles. The zero-order valence-corrected chi connectivity index (χ0v) is 35.5. The van der Waals surface area contributed by atoms with E-state index in [0.717, 1.165) is 38.9 Å². The molecule has 2 fully saturated rings. The second-order valence-corrected chi connectivity index (χ2v) is 17.1. The first-order valence-corrected chi connectivity index (χ1v) is 21.2. The summed E-state index contributed by atoms with van der Waals surface area (Å²) >= 11 is 7.92. The first kappa shape index (κ1) is 40.2. The van der Waals surface area contributed by atoms with Crippen LogP contribution in [0.1, 0.15) is 70.3 Å². The molecular weight excluding hydrogens is 818 g/mol. The first-order chi connectivity index (χ1) is 29.4. The molecule has 0 spiro atoms. The van der Waals surface area contributed by atoms with Crippen LogP contribution in [0.4, 0.5) is 11.4 Å². The molecule has 17 heteroatoms. The third-order valence-corrected chi connectivity index (χ3v) is 12.9. The number of morpholine rings is 1. The number of hydrogen-bond donors (Lipinski definition) is 2. The van der Waals surface area contributed by atoms with E-state index in [9.17, 15) is 19.2 Å². The number of aryl methyl sites for hydroxylation is 3. The maximum Gasteiger partial charge on any atom is 0.275 e. The Kier molecular flexibility index (Phi) is 10.8. The lowest BCUT2D eigenvalue weighted by Gasteiger charge is -2.34. The highest BCUT2D eigenvalue weighted by Crippen LogP contribution is 2.40. The number of aliphatic imine (C=N–C) groups is 1. The Bertz CT molecular complexity index is 2820. The van der Waals surface area contributed by atoms with E-state index < -0.39 is 18.0 Å². The van der Waals surface area contributed by atoms with Crippen LogP contribution >= 0.6 is 22.9 Å². The monoisotopic (exact) mass is 859 g/mol. The van der Waals surface area contributed by atoms with Crippen LogP contribution in [-0.4, -0.2) is 80.4 Å². The van der Waals surface area contributed by atoms with E-state index in [4.69, 9.17) is 26.1 Å². The molecule has 61 heavy (non-hydrogen) atoms. The van der Waals surface area contributed by atoms with Crippen molar-refractivity contribution in [2.75, 3.05) is 36.5 Å². The molecule has 2 N–H and O–H groups in total. The Balaban J connectivity index is 0.847. The molecule has 0 aliphatic carbocycles. The molecule has 312 valence electrons. The lowest BCUT2D eigenvalue weighted by atomic mass is 9.99. The van der Waals surface area contributed by atoms with Crippen molar-refractivity contribution in [3.63, 3.8) is 0 Å². The third kappa shape index (κ3) is 7.82. The molecular formula is C44H42ClN9O6S. The molecule has 6 heterocycles. The molecule has 15 nitrogen and oxygen atoms in total. The van der Waals surface area contributed by atoms with Crippen molar-refractivity contribution in [2.45, 2.75) is 65.1 Å². The highest BCUT2D eigenvalue weighted by Gasteiger charge is 2.33. The number of imide groups is 1. The fraction of sp³-hybridized carbons (Fsp3) is 0.318. The molecule has 3 aliphatic heterocycles. The average Bonchev–Trinajstić information content (AvgIpc) is 3.73. The molecule has 3 aromatic carbocycles. The van der Waals surface area contributed by atoms with Crippen LogP contribution in [0.15, 0.2) is 76.5 Å². The van der Waals surface area contributed by atoms with Gasteiger partial charge < -0.3 is 19.7 Å². The van der Waals surface area contributed by atoms with Crippen molar-refractivity contribution in [1.82, 2.24) is 29.9 Å². The fourth-order valence-corrected chi connectivity index (χ4v) is 9.46. The highest BCUT2D eigenvalue weighted by atomic mass is 35.5. The number of carbonyl (C=O) groups excluding carboxylic acids is 3. The van der Waals surface area contributed by atoms with Crippen LogP contribution in [0, 0.1) is 27.7 Å². The SMILES string of the molecule is Cc1sc2c(c1C)C(c1ccc(Cl)cc1)=N[C@@H](CC(=O)Nc1ccc(OC[C@@H]3CN(c4ccc5c(=O)n(C6CCC(=O)NC6=O)nc(C)c5c4)CCO3)cc1)c1nnc(C)n1-2. The van der Waals surface area contributed by atoms with E-state index in [1.807, 2.05) is 60.0 Å². The summed E-state index contributed by atoms with van der Waals surface area (Å²) in [6, 6.07) is 19.0. The summed E-state index contributed by atoms with van der Waals surface area (Å²) in [5, 5.41) is 21.5. The second-order valence-electron chi connectivity index (χ2n) is 15.5. The van der Waals surface area contributed by atoms with E-state index in [1.165, 1.54) is 9.56 Å². The Labute approximate surface area is 359 Å². The number of piperidine rings is 1. The van der Waals surface area contributed by atoms with Crippen molar-refractivity contribution in [3.05, 3.63) is 121 Å². The number of hydrogen-bond acceptors (Lipinski definition) is 12. The van der Waals surface area contributed by atoms with Gasteiger partial charge in [0.2, 0.25) is 11.8 Å². The minimum Gasteiger partial charge on any atom is -0.491 e. The van der Waals surface area contributed by atoms with Crippen LogP contribution in [0.2, 0.25) is 5.02 Å². The van der Waals surface area contributed by atoms with Gasteiger partial charge >= 0.3 is 0 Å². The molecule has 6 aromatic rings. The van der Waals surface area contributed by atoms with Crippen molar-refractivity contribution in [3.8, 4) is 10.8 Å². The maximum absolute atomic E-state index is 13.7. The minimum atomic E-state index is -0.830. The number of rotatable bonds is 9. The maximum atomic E-state index is 13.7. The Morgan fingerprint density at radius 1 is 1.00 bits per heavy atom. The summed E-state index contributed by atoms with van der Waals surface area (Å²) < 4.78 is 15.4. The number of fused-ring (bicyclic) bond motifs is 4. The van der Waals surface area contributed by atoms with Gasteiger partial charge in [-0.15, -0.1) is 21.5 Å². The zero-order chi connectivity index (χ0) is 42.5. The Morgan fingerprint density at radius 3 is 2.56 bits per heavy atom. The standard InChI is InChI=1S/C44H42ClN9O6S/c1-23-25(3)61-44-39(23)40(27-5-7-28(45)8-6-27)47-35(41-50-49-26(4)53(41)44)20-38(56)46-29-9-12-31(13-10-29)60-22-32-21-52(17-18-59-32)30-11-14-33-34(19-30)24(2)51-54(43(33)58)36-15-16-37(55)48-42(36)57/h5-14,19,32,35-36H,15-18,20-22H2,1-4H3,(H,46,56)(H,48,55,57)/t32-,35-,36?/m0/s1. The second kappa shape index (κ2) is 16.3. The quantitative estimate of drug-likeness (QED) is 0.162. The van der Waals surface area contributed by atoms with Crippen LogP contribution < -0.4 is 25.8 Å². The summed E-state index contributed by atoms with van der Waals surface area (Å²) in [6.07, 6.45) is 0.195. The van der Waals surface area contributed by atoms with Gasteiger partial charge in [0.1, 0.15) is 41.4 Å². The Hall–Kier alpha value is -6.23.